The number of hydrogen-bond donors (Lipinski definition) is 1. The lowest BCUT2D eigenvalue weighted by atomic mass is 10.1. The van der Waals surface area contributed by atoms with Crippen LogP contribution in [-0.4, -0.2) is 44.7 Å². The first kappa shape index (κ1) is 14.6. The van der Waals surface area contributed by atoms with Crippen LogP contribution in [0.3, 0.4) is 0 Å². The van der Waals surface area contributed by atoms with E-state index < -0.39 is 0 Å². The number of rotatable bonds is 5. The predicted molar refractivity (Wildman–Crippen MR) is 83.1 cm³/mol. The van der Waals surface area contributed by atoms with Crippen LogP contribution in [-0.2, 0) is 6.42 Å². The van der Waals surface area contributed by atoms with Gasteiger partial charge in [0.25, 0.3) is 0 Å². The molecule has 0 spiro atoms. The van der Waals surface area contributed by atoms with Crippen molar-refractivity contribution in [3.05, 3.63) is 28.8 Å². The Morgan fingerprint density at radius 1 is 1.47 bits per heavy atom. The summed E-state index contributed by atoms with van der Waals surface area (Å²) in [5.41, 5.74) is 8.09. The van der Waals surface area contributed by atoms with Crippen LogP contribution < -0.4 is 10.6 Å². The largest absolute Gasteiger partial charge is 0.372 e. The summed E-state index contributed by atoms with van der Waals surface area (Å²) >= 11 is 6.39. The molecule has 1 aromatic rings. The summed E-state index contributed by atoms with van der Waals surface area (Å²) in [7, 11) is 4.34. The van der Waals surface area contributed by atoms with Gasteiger partial charge in [0, 0.05) is 19.6 Å². The smallest absolute Gasteiger partial charge is 0.0642 e. The van der Waals surface area contributed by atoms with Crippen molar-refractivity contribution in [3.63, 3.8) is 0 Å². The minimum atomic E-state index is 0.631. The Labute approximate surface area is 121 Å². The Bertz CT molecular complexity index is 422. The number of nitrogens with two attached hydrogens (primary N) is 1. The summed E-state index contributed by atoms with van der Waals surface area (Å²) in [5.74, 6) is 0. The molecular weight excluding hydrogens is 258 g/mol. The number of likely N-dealkylation sites (tertiary alicyclic amines) is 1. The molecule has 0 amide bonds. The van der Waals surface area contributed by atoms with Gasteiger partial charge < -0.3 is 15.5 Å². The average Bonchev–Trinajstić information content (AvgIpc) is 2.75. The van der Waals surface area contributed by atoms with E-state index in [4.69, 9.17) is 17.3 Å². The number of anilines is 1. The molecular formula is C15H24ClN3. The lowest BCUT2D eigenvalue weighted by molar-refractivity contribution is 0.314. The number of halogens is 1. The van der Waals surface area contributed by atoms with E-state index in [1.165, 1.54) is 24.9 Å². The first-order valence-electron chi connectivity index (χ1n) is 7.02. The summed E-state index contributed by atoms with van der Waals surface area (Å²) in [5, 5.41) is 0.828. The van der Waals surface area contributed by atoms with Crippen molar-refractivity contribution in [2.24, 2.45) is 5.73 Å². The van der Waals surface area contributed by atoms with Crippen LogP contribution in [0.5, 0.6) is 0 Å². The fourth-order valence-electron chi connectivity index (χ4n) is 2.96. The zero-order valence-electron chi connectivity index (χ0n) is 11.9. The normalized spacial score (nSPS) is 19.9. The maximum absolute atomic E-state index is 6.39. The molecule has 0 aliphatic carbocycles. The van der Waals surface area contributed by atoms with Crippen LogP contribution in [0.15, 0.2) is 18.2 Å². The van der Waals surface area contributed by atoms with Gasteiger partial charge in [-0.2, -0.15) is 0 Å². The molecule has 1 heterocycles. The molecule has 1 unspecified atom stereocenters. The number of benzene rings is 1. The molecule has 3 nitrogen and oxygen atoms in total. The van der Waals surface area contributed by atoms with E-state index in [2.05, 4.69) is 30.0 Å². The first-order valence-corrected chi connectivity index (χ1v) is 7.40. The highest BCUT2D eigenvalue weighted by molar-refractivity contribution is 6.33. The molecule has 1 aliphatic heterocycles. The Morgan fingerprint density at radius 3 is 2.89 bits per heavy atom. The average molecular weight is 282 g/mol. The van der Waals surface area contributed by atoms with E-state index in [-0.39, 0.29) is 0 Å². The van der Waals surface area contributed by atoms with Gasteiger partial charge in [-0.05, 0) is 51.0 Å². The van der Waals surface area contributed by atoms with Gasteiger partial charge in [0.15, 0.2) is 0 Å². The first-order chi connectivity index (χ1) is 9.13. The molecule has 1 aromatic carbocycles. The van der Waals surface area contributed by atoms with E-state index in [1.54, 1.807) is 0 Å². The molecule has 1 fully saturated rings. The second kappa shape index (κ2) is 6.60. The van der Waals surface area contributed by atoms with E-state index in [9.17, 15) is 0 Å². The Hall–Kier alpha value is -0.770. The number of hydrogen-bond acceptors (Lipinski definition) is 3. The van der Waals surface area contributed by atoms with E-state index in [0.717, 1.165) is 23.7 Å². The van der Waals surface area contributed by atoms with E-state index in [0.29, 0.717) is 12.6 Å². The summed E-state index contributed by atoms with van der Waals surface area (Å²) in [6.45, 7) is 2.89. The van der Waals surface area contributed by atoms with Gasteiger partial charge >= 0.3 is 0 Å². The molecule has 1 atom stereocenters. The van der Waals surface area contributed by atoms with Crippen LogP contribution in [0.1, 0.15) is 18.4 Å². The predicted octanol–water partition coefficient (Wildman–Crippen LogP) is 2.37. The van der Waals surface area contributed by atoms with Crippen LogP contribution in [0.25, 0.3) is 0 Å². The number of likely N-dealkylation sites (N-methyl/N-ethyl adjacent to an activating group) is 2. The van der Waals surface area contributed by atoms with Crippen LogP contribution >= 0.6 is 11.6 Å². The third-order valence-corrected chi connectivity index (χ3v) is 4.33. The van der Waals surface area contributed by atoms with Crippen LogP contribution in [0, 0.1) is 0 Å². The highest BCUT2D eigenvalue weighted by Gasteiger charge is 2.23. The van der Waals surface area contributed by atoms with Crippen molar-refractivity contribution in [1.29, 1.82) is 0 Å². The SMILES string of the molecule is CN(CC1CCCN1C)c1c(Cl)cccc1CCN. The molecule has 0 bridgehead atoms. The molecule has 106 valence electrons. The van der Waals surface area contributed by atoms with Crippen LogP contribution in [0.2, 0.25) is 5.02 Å². The van der Waals surface area contributed by atoms with E-state index >= 15 is 0 Å². The highest BCUT2D eigenvalue weighted by atomic mass is 35.5. The number of para-hydroxylation sites is 1. The summed E-state index contributed by atoms with van der Waals surface area (Å²) < 4.78 is 0. The fourth-order valence-corrected chi connectivity index (χ4v) is 3.30. The van der Waals surface area contributed by atoms with Gasteiger partial charge in [-0.25, -0.2) is 0 Å². The molecule has 0 saturated carbocycles. The van der Waals surface area contributed by atoms with Crippen molar-refractivity contribution in [3.8, 4) is 0 Å². The minimum absolute atomic E-state index is 0.631. The molecule has 1 aliphatic rings. The quantitative estimate of drug-likeness (QED) is 0.899. The van der Waals surface area contributed by atoms with Gasteiger partial charge in [-0.15, -0.1) is 0 Å². The molecule has 0 aromatic heterocycles. The third kappa shape index (κ3) is 3.41. The second-order valence-corrected chi connectivity index (χ2v) is 5.85. The lowest BCUT2D eigenvalue weighted by Gasteiger charge is -2.29. The Kier molecular flexibility index (Phi) is 5.08. The monoisotopic (exact) mass is 281 g/mol. The van der Waals surface area contributed by atoms with E-state index in [1.807, 2.05) is 12.1 Å². The van der Waals surface area contributed by atoms with Gasteiger partial charge in [0.2, 0.25) is 0 Å². The van der Waals surface area contributed by atoms with Crippen LogP contribution in [0.4, 0.5) is 5.69 Å². The zero-order chi connectivity index (χ0) is 13.8. The number of nitrogens with zero attached hydrogens (tertiary/aromatic N) is 2. The van der Waals surface area contributed by atoms with Crippen molar-refractivity contribution in [1.82, 2.24) is 4.90 Å². The Balaban J connectivity index is 2.15. The lowest BCUT2D eigenvalue weighted by Crippen LogP contribution is -2.37. The Morgan fingerprint density at radius 2 is 2.26 bits per heavy atom. The zero-order valence-corrected chi connectivity index (χ0v) is 12.7. The standard InChI is InChI=1S/C15H24ClN3/c1-18-10-4-6-13(18)11-19(2)15-12(8-9-17)5-3-7-14(15)16/h3,5,7,13H,4,6,8-11,17H2,1-2H3. The molecule has 2 rings (SSSR count). The summed E-state index contributed by atoms with van der Waals surface area (Å²) in [6, 6.07) is 6.73. The minimum Gasteiger partial charge on any atom is -0.372 e. The molecule has 19 heavy (non-hydrogen) atoms. The molecule has 2 N–H and O–H groups in total. The van der Waals surface area contributed by atoms with Gasteiger partial charge in [0.05, 0.1) is 10.7 Å². The maximum atomic E-state index is 6.39. The molecule has 0 radical (unpaired) electrons. The molecule has 1 saturated heterocycles. The second-order valence-electron chi connectivity index (χ2n) is 5.44. The van der Waals surface area contributed by atoms with Crippen molar-refractivity contribution in [2.45, 2.75) is 25.3 Å². The van der Waals surface area contributed by atoms with Gasteiger partial charge in [-0.3, -0.25) is 0 Å². The van der Waals surface area contributed by atoms with Crippen molar-refractivity contribution < 1.29 is 0 Å². The van der Waals surface area contributed by atoms with Gasteiger partial charge in [-0.1, -0.05) is 23.7 Å². The summed E-state index contributed by atoms with van der Waals surface area (Å²) in [4.78, 5) is 4.73. The van der Waals surface area contributed by atoms with Crippen molar-refractivity contribution in [2.75, 3.05) is 38.6 Å². The summed E-state index contributed by atoms with van der Waals surface area (Å²) in [6.07, 6.45) is 3.45. The topological polar surface area (TPSA) is 32.5 Å². The van der Waals surface area contributed by atoms with Gasteiger partial charge in [0.1, 0.15) is 0 Å². The fraction of sp³-hybridized carbons (Fsp3) is 0.600. The third-order valence-electron chi connectivity index (χ3n) is 4.02. The highest BCUT2D eigenvalue weighted by Crippen LogP contribution is 2.30. The molecule has 4 heteroatoms. The van der Waals surface area contributed by atoms with Crippen molar-refractivity contribution >= 4 is 17.3 Å². The maximum Gasteiger partial charge on any atom is 0.0642 e.